The number of likely N-dealkylation sites (tertiary alicyclic amines) is 1. The molecule has 1 aliphatic rings. The molecular formula is C19H20F3N5O2. The largest absolute Gasteiger partial charge is 0.433 e. The Balaban J connectivity index is 1.73. The predicted octanol–water partition coefficient (Wildman–Crippen LogP) is 3.97. The first-order chi connectivity index (χ1) is 13.8. The number of carbonyl (C=O) groups is 1. The van der Waals surface area contributed by atoms with Crippen LogP contribution in [0.15, 0.2) is 22.7 Å². The molecule has 10 heteroatoms. The smallest absolute Gasteiger partial charge is 0.361 e. The standard InChI is InChI=1S/C19H20F3N5O2/c1-3-12-9-14(25-29-12)18(28)26-7-5-4-6-15(26)13-10-17-23-11(2)8-16(19(20,21)22)27(17)24-13/h8-10,15H,3-7H2,1-2H3/t15-/m0/s1. The first-order valence-electron chi connectivity index (χ1n) is 9.49. The van der Waals surface area contributed by atoms with Crippen LogP contribution in [0, 0.1) is 6.92 Å². The Labute approximate surface area is 164 Å². The maximum atomic E-state index is 13.4. The van der Waals surface area contributed by atoms with E-state index >= 15 is 0 Å². The van der Waals surface area contributed by atoms with Gasteiger partial charge in [0.25, 0.3) is 5.91 Å². The van der Waals surface area contributed by atoms with Gasteiger partial charge in [-0.1, -0.05) is 12.1 Å². The first kappa shape index (κ1) is 19.4. The van der Waals surface area contributed by atoms with Crippen LogP contribution in [0.25, 0.3) is 5.65 Å². The fourth-order valence-corrected chi connectivity index (χ4v) is 3.69. The van der Waals surface area contributed by atoms with Gasteiger partial charge in [-0.05, 0) is 32.3 Å². The van der Waals surface area contributed by atoms with Crippen molar-refractivity contribution < 1.29 is 22.5 Å². The van der Waals surface area contributed by atoms with E-state index in [1.54, 1.807) is 11.0 Å². The van der Waals surface area contributed by atoms with Crippen molar-refractivity contribution in [3.63, 3.8) is 0 Å². The topological polar surface area (TPSA) is 76.5 Å². The van der Waals surface area contributed by atoms with Crippen LogP contribution in [0.1, 0.15) is 65.6 Å². The molecule has 0 spiro atoms. The van der Waals surface area contributed by atoms with Crippen LogP contribution in [0.3, 0.4) is 0 Å². The van der Waals surface area contributed by atoms with Crippen LogP contribution in [0.5, 0.6) is 0 Å². The number of amides is 1. The van der Waals surface area contributed by atoms with Gasteiger partial charge in [-0.3, -0.25) is 4.79 Å². The van der Waals surface area contributed by atoms with Gasteiger partial charge in [0.15, 0.2) is 11.3 Å². The third-order valence-corrected chi connectivity index (χ3v) is 5.10. The number of halogens is 3. The molecule has 1 saturated heterocycles. The van der Waals surface area contributed by atoms with Crippen LogP contribution in [0.4, 0.5) is 13.2 Å². The second kappa shape index (κ2) is 7.16. The minimum Gasteiger partial charge on any atom is -0.361 e. The molecule has 154 valence electrons. The Morgan fingerprint density at radius 3 is 2.76 bits per heavy atom. The van der Waals surface area contributed by atoms with Crippen molar-refractivity contribution in [1.82, 2.24) is 24.7 Å². The molecule has 7 nitrogen and oxygen atoms in total. The number of hydrogen-bond donors (Lipinski definition) is 0. The number of aromatic nitrogens is 4. The summed E-state index contributed by atoms with van der Waals surface area (Å²) >= 11 is 0. The molecule has 4 rings (SSSR count). The number of alkyl halides is 3. The van der Waals surface area contributed by atoms with E-state index in [-0.39, 0.29) is 22.9 Å². The van der Waals surface area contributed by atoms with Gasteiger partial charge in [0.2, 0.25) is 0 Å². The molecule has 4 heterocycles. The van der Waals surface area contributed by atoms with Crippen molar-refractivity contribution >= 4 is 11.6 Å². The molecule has 0 saturated carbocycles. The number of fused-ring (bicyclic) bond motifs is 1. The maximum Gasteiger partial charge on any atom is 0.433 e. The Hall–Kier alpha value is -2.91. The summed E-state index contributed by atoms with van der Waals surface area (Å²) < 4.78 is 46.3. The second-order valence-electron chi connectivity index (χ2n) is 7.16. The monoisotopic (exact) mass is 407 g/mol. The summed E-state index contributed by atoms with van der Waals surface area (Å²) in [5, 5.41) is 8.03. The van der Waals surface area contributed by atoms with Gasteiger partial charge in [-0.15, -0.1) is 0 Å². The SMILES string of the molecule is CCc1cc(C(=O)N2CCCC[C@H]2c2cc3nc(C)cc(C(F)(F)F)n3n2)no1. The molecule has 1 atom stereocenters. The summed E-state index contributed by atoms with van der Waals surface area (Å²) in [6.45, 7) is 3.88. The number of hydrogen-bond acceptors (Lipinski definition) is 5. The predicted molar refractivity (Wildman–Crippen MR) is 96.2 cm³/mol. The van der Waals surface area contributed by atoms with Gasteiger partial charge in [0.05, 0.1) is 11.7 Å². The Kier molecular flexibility index (Phi) is 4.79. The highest BCUT2D eigenvalue weighted by atomic mass is 19.4. The molecule has 0 aliphatic carbocycles. The zero-order valence-corrected chi connectivity index (χ0v) is 16.0. The number of aryl methyl sites for hydroxylation is 2. The van der Waals surface area contributed by atoms with E-state index in [1.807, 2.05) is 6.92 Å². The highest BCUT2D eigenvalue weighted by Gasteiger charge is 2.37. The molecule has 3 aromatic rings. The number of carbonyl (C=O) groups excluding carboxylic acids is 1. The summed E-state index contributed by atoms with van der Waals surface area (Å²) in [7, 11) is 0. The lowest BCUT2D eigenvalue weighted by molar-refractivity contribution is -0.142. The van der Waals surface area contributed by atoms with E-state index in [9.17, 15) is 18.0 Å². The molecule has 0 aromatic carbocycles. The van der Waals surface area contributed by atoms with Crippen molar-refractivity contribution in [3.8, 4) is 0 Å². The lowest BCUT2D eigenvalue weighted by atomic mass is 9.99. The van der Waals surface area contributed by atoms with E-state index in [2.05, 4.69) is 15.2 Å². The zero-order chi connectivity index (χ0) is 20.8. The van der Waals surface area contributed by atoms with Crippen molar-refractivity contribution in [3.05, 3.63) is 46.7 Å². The minimum absolute atomic E-state index is 0.111. The highest BCUT2D eigenvalue weighted by Crippen LogP contribution is 2.34. The van der Waals surface area contributed by atoms with Gasteiger partial charge in [-0.2, -0.15) is 18.3 Å². The molecular weight excluding hydrogens is 387 g/mol. The quantitative estimate of drug-likeness (QED) is 0.657. The minimum atomic E-state index is -4.56. The van der Waals surface area contributed by atoms with Crippen LogP contribution >= 0.6 is 0 Å². The van der Waals surface area contributed by atoms with E-state index in [0.717, 1.165) is 23.4 Å². The average Bonchev–Trinajstić information content (AvgIpc) is 3.32. The second-order valence-corrected chi connectivity index (χ2v) is 7.16. The number of nitrogens with zero attached hydrogens (tertiary/aromatic N) is 5. The fourth-order valence-electron chi connectivity index (χ4n) is 3.69. The van der Waals surface area contributed by atoms with Crippen molar-refractivity contribution in [1.29, 1.82) is 0 Å². The molecule has 0 unspecified atom stereocenters. The van der Waals surface area contributed by atoms with Crippen molar-refractivity contribution in [2.45, 2.75) is 51.7 Å². The Morgan fingerprint density at radius 1 is 1.28 bits per heavy atom. The van der Waals surface area contributed by atoms with Crippen LogP contribution in [-0.2, 0) is 12.6 Å². The maximum absolute atomic E-state index is 13.4. The first-order valence-corrected chi connectivity index (χ1v) is 9.49. The van der Waals surface area contributed by atoms with Crippen molar-refractivity contribution in [2.75, 3.05) is 6.54 Å². The molecule has 1 fully saturated rings. The van der Waals surface area contributed by atoms with Crippen molar-refractivity contribution in [2.24, 2.45) is 0 Å². The molecule has 0 bridgehead atoms. The van der Waals surface area contributed by atoms with Gasteiger partial charge in [-0.25, -0.2) is 9.50 Å². The molecule has 1 aliphatic heterocycles. The van der Waals surface area contributed by atoms with E-state index in [0.29, 0.717) is 30.8 Å². The lowest BCUT2D eigenvalue weighted by Gasteiger charge is -2.34. The summed E-state index contributed by atoms with van der Waals surface area (Å²) in [5.74, 6) is 0.291. The molecule has 3 aromatic heterocycles. The third kappa shape index (κ3) is 3.58. The zero-order valence-electron chi connectivity index (χ0n) is 16.0. The molecule has 0 radical (unpaired) electrons. The third-order valence-electron chi connectivity index (χ3n) is 5.10. The summed E-state index contributed by atoms with van der Waals surface area (Å²) in [5.41, 5.74) is 0.0647. The van der Waals surface area contributed by atoms with Gasteiger partial charge in [0, 0.05) is 30.8 Å². The van der Waals surface area contributed by atoms with Crippen LogP contribution in [-0.4, -0.2) is 37.1 Å². The van der Waals surface area contributed by atoms with Gasteiger partial charge in [0.1, 0.15) is 11.5 Å². The fraction of sp³-hybridized carbons (Fsp3) is 0.474. The Morgan fingerprint density at radius 2 is 2.07 bits per heavy atom. The molecule has 29 heavy (non-hydrogen) atoms. The summed E-state index contributed by atoms with van der Waals surface area (Å²) in [6.07, 6.45) is -1.69. The number of piperidine rings is 1. The normalized spacial score (nSPS) is 17.8. The Bertz CT molecular complexity index is 1060. The van der Waals surface area contributed by atoms with E-state index in [4.69, 9.17) is 4.52 Å². The lowest BCUT2D eigenvalue weighted by Crippen LogP contribution is -2.38. The van der Waals surface area contributed by atoms with Gasteiger partial charge >= 0.3 is 6.18 Å². The average molecular weight is 407 g/mol. The van der Waals surface area contributed by atoms with E-state index in [1.165, 1.54) is 13.0 Å². The van der Waals surface area contributed by atoms with E-state index < -0.39 is 17.9 Å². The van der Waals surface area contributed by atoms with Crippen LogP contribution < -0.4 is 0 Å². The van der Waals surface area contributed by atoms with Gasteiger partial charge < -0.3 is 9.42 Å². The summed E-state index contributed by atoms with van der Waals surface area (Å²) in [6, 6.07) is 3.65. The molecule has 0 N–H and O–H groups in total. The molecule has 1 amide bonds. The number of rotatable bonds is 3. The van der Waals surface area contributed by atoms with Crippen LogP contribution in [0.2, 0.25) is 0 Å². The highest BCUT2D eigenvalue weighted by molar-refractivity contribution is 5.92. The summed E-state index contributed by atoms with van der Waals surface area (Å²) in [4.78, 5) is 18.8.